The molecule has 0 aliphatic heterocycles. The van der Waals surface area contributed by atoms with Gasteiger partial charge >= 0.3 is 0 Å². The highest BCUT2D eigenvalue weighted by molar-refractivity contribution is 5.14. The fourth-order valence-electron chi connectivity index (χ4n) is 0.400. The lowest BCUT2D eigenvalue weighted by Gasteiger charge is -1.84. The average Bonchev–Trinajstić information content (AvgIpc) is 2.02. The summed E-state index contributed by atoms with van der Waals surface area (Å²) in [5.41, 5.74) is 1.34. The zero-order valence-corrected chi connectivity index (χ0v) is 8.22. The van der Waals surface area contributed by atoms with Crippen LogP contribution in [0.3, 0.4) is 0 Å². The van der Waals surface area contributed by atoms with Crippen LogP contribution < -0.4 is 0 Å². The fraction of sp³-hybridized carbons (Fsp3) is 0.455. The molecule has 0 saturated carbocycles. The van der Waals surface area contributed by atoms with E-state index >= 15 is 0 Å². The highest BCUT2D eigenvalue weighted by Crippen LogP contribution is 1.93. The summed E-state index contributed by atoms with van der Waals surface area (Å²) in [4.78, 5) is 0. The van der Waals surface area contributed by atoms with Gasteiger partial charge in [0, 0.05) is 0 Å². The molecule has 0 heteroatoms. The minimum absolute atomic E-state index is 1.13. The van der Waals surface area contributed by atoms with Crippen LogP contribution in [0.4, 0.5) is 0 Å². The normalized spacial score (nSPS) is 10.7. The molecule has 0 aromatic heterocycles. The lowest BCUT2D eigenvalue weighted by molar-refractivity contribution is 1.22. The van der Waals surface area contributed by atoms with E-state index < -0.39 is 0 Å². The van der Waals surface area contributed by atoms with Crippen LogP contribution in [0.25, 0.3) is 0 Å². The third-order valence-electron chi connectivity index (χ3n) is 1.07. The molecule has 0 bridgehead atoms. The summed E-state index contributed by atoms with van der Waals surface area (Å²) in [6.45, 7) is 11.5. The molecule has 0 aromatic rings. The van der Waals surface area contributed by atoms with Gasteiger partial charge in [-0.05, 0) is 27.2 Å². The Bertz CT molecular complexity index is 127. The topological polar surface area (TPSA) is 0 Å². The number of allylic oxidation sites excluding steroid dienone is 5. The van der Waals surface area contributed by atoms with Crippen LogP contribution in [0.2, 0.25) is 0 Å². The maximum Gasteiger partial charge on any atom is -0.0376 e. The molecule has 0 heterocycles. The third kappa shape index (κ3) is 17.6. The summed E-state index contributed by atoms with van der Waals surface area (Å²) in [5.74, 6) is 0. The molecule has 0 amide bonds. The van der Waals surface area contributed by atoms with Crippen molar-refractivity contribution >= 4 is 0 Å². The molecule has 0 radical (unpaired) electrons. The third-order valence-corrected chi connectivity index (χ3v) is 1.07. The quantitative estimate of drug-likeness (QED) is 0.412. The van der Waals surface area contributed by atoms with Gasteiger partial charge in [0.05, 0.1) is 0 Å². The first-order valence-electron chi connectivity index (χ1n) is 4.09. The van der Waals surface area contributed by atoms with Crippen LogP contribution in [-0.4, -0.2) is 0 Å². The molecule has 0 unspecified atom stereocenters. The van der Waals surface area contributed by atoms with E-state index in [1.54, 1.807) is 6.08 Å². The van der Waals surface area contributed by atoms with Gasteiger partial charge in [0.25, 0.3) is 0 Å². The molecular formula is C11H20. The second kappa shape index (κ2) is 12.0. The van der Waals surface area contributed by atoms with Crippen molar-refractivity contribution < 1.29 is 0 Å². The molecule has 0 aliphatic rings. The first kappa shape index (κ1) is 12.9. The molecule has 0 rings (SSSR count). The highest BCUT2D eigenvalue weighted by Gasteiger charge is 1.72. The summed E-state index contributed by atoms with van der Waals surface area (Å²) in [6, 6.07) is 0. The Morgan fingerprint density at radius 2 is 1.82 bits per heavy atom. The van der Waals surface area contributed by atoms with Crippen molar-refractivity contribution in [2.45, 2.75) is 34.1 Å². The standard InChI is InChI=1S/C8H14.C3H6/c1-4-6-7-8(3)5-2;1-3-2/h5-7H,4H2,1-3H3;3H,1H2,2H3/b7-6-,8-5-;. The van der Waals surface area contributed by atoms with Gasteiger partial charge in [-0.15, -0.1) is 6.58 Å². The Morgan fingerprint density at radius 1 is 1.36 bits per heavy atom. The van der Waals surface area contributed by atoms with Crippen LogP contribution in [0.5, 0.6) is 0 Å². The van der Waals surface area contributed by atoms with Gasteiger partial charge in [0.2, 0.25) is 0 Å². The Morgan fingerprint density at radius 3 is 2.09 bits per heavy atom. The number of hydrogen-bond donors (Lipinski definition) is 0. The maximum absolute atomic E-state index is 3.36. The Kier molecular flexibility index (Phi) is 14.0. The largest absolute Gasteiger partial charge is 0.103 e. The zero-order valence-electron chi connectivity index (χ0n) is 8.22. The molecule has 0 saturated heterocycles. The monoisotopic (exact) mass is 152 g/mol. The van der Waals surface area contributed by atoms with Crippen LogP contribution >= 0.6 is 0 Å². The van der Waals surface area contributed by atoms with Gasteiger partial charge < -0.3 is 0 Å². The van der Waals surface area contributed by atoms with Crippen LogP contribution in [-0.2, 0) is 0 Å². The van der Waals surface area contributed by atoms with E-state index in [4.69, 9.17) is 0 Å². The van der Waals surface area contributed by atoms with Crippen molar-refractivity contribution in [3.63, 3.8) is 0 Å². The Balaban J connectivity index is 0. The molecule has 0 aromatic carbocycles. The SMILES string of the molecule is C/C=C(C)\C=C/CC.C=CC. The second-order valence-corrected chi connectivity index (χ2v) is 2.25. The molecule has 0 nitrogen and oxygen atoms in total. The Labute approximate surface area is 71.3 Å². The number of rotatable bonds is 2. The fourth-order valence-corrected chi connectivity index (χ4v) is 0.400. The van der Waals surface area contributed by atoms with E-state index in [2.05, 4.69) is 45.6 Å². The molecule has 64 valence electrons. The van der Waals surface area contributed by atoms with Gasteiger partial charge in [-0.2, -0.15) is 0 Å². The van der Waals surface area contributed by atoms with Crippen LogP contribution in [0, 0.1) is 0 Å². The summed E-state index contributed by atoms with van der Waals surface area (Å²) in [6.07, 6.45) is 9.28. The maximum atomic E-state index is 3.36. The van der Waals surface area contributed by atoms with E-state index in [0.717, 1.165) is 6.42 Å². The summed E-state index contributed by atoms with van der Waals surface area (Å²) in [5, 5.41) is 0. The number of hydrogen-bond acceptors (Lipinski definition) is 0. The summed E-state index contributed by atoms with van der Waals surface area (Å²) >= 11 is 0. The predicted molar refractivity (Wildman–Crippen MR) is 54.7 cm³/mol. The van der Waals surface area contributed by atoms with Gasteiger partial charge in [-0.1, -0.05) is 36.8 Å². The molecular weight excluding hydrogens is 132 g/mol. The molecule has 0 spiro atoms. The van der Waals surface area contributed by atoms with E-state index in [-0.39, 0.29) is 0 Å². The average molecular weight is 152 g/mol. The second-order valence-electron chi connectivity index (χ2n) is 2.25. The van der Waals surface area contributed by atoms with Crippen molar-refractivity contribution in [1.29, 1.82) is 0 Å². The van der Waals surface area contributed by atoms with Gasteiger partial charge in [-0.25, -0.2) is 0 Å². The molecule has 0 fully saturated rings. The van der Waals surface area contributed by atoms with Crippen molar-refractivity contribution in [1.82, 2.24) is 0 Å². The lowest BCUT2D eigenvalue weighted by Crippen LogP contribution is -1.62. The predicted octanol–water partition coefficient (Wildman–Crippen LogP) is 4.11. The van der Waals surface area contributed by atoms with Gasteiger partial charge in [0.15, 0.2) is 0 Å². The lowest BCUT2D eigenvalue weighted by atomic mass is 10.2. The molecule has 0 aliphatic carbocycles. The zero-order chi connectivity index (χ0) is 9.11. The first-order chi connectivity index (χ1) is 5.22. The van der Waals surface area contributed by atoms with Crippen molar-refractivity contribution in [2.75, 3.05) is 0 Å². The smallest absolute Gasteiger partial charge is 0.0376 e. The van der Waals surface area contributed by atoms with E-state index in [0.29, 0.717) is 0 Å². The first-order valence-corrected chi connectivity index (χ1v) is 4.09. The minimum atomic E-state index is 1.13. The Hall–Kier alpha value is -0.780. The highest BCUT2D eigenvalue weighted by atomic mass is 13.8. The molecule has 0 atom stereocenters. The van der Waals surface area contributed by atoms with Gasteiger partial charge in [0.1, 0.15) is 0 Å². The van der Waals surface area contributed by atoms with Crippen molar-refractivity contribution in [3.05, 3.63) is 36.5 Å². The van der Waals surface area contributed by atoms with E-state index in [1.807, 2.05) is 6.92 Å². The van der Waals surface area contributed by atoms with Crippen molar-refractivity contribution in [3.8, 4) is 0 Å². The molecule has 11 heavy (non-hydrogen) atoms. The summed E-state index contributed by atoms with van der Waals surface area (Å²) < 4.78 is 0. The molecule has 0 N–H and O–H groups in total. The van der Waals surface area contributed by atoms with Gasteiger partial charge in [-0.3, -0.25) is 0 Å². The van der Waals surface area contributed by atoms with E-state index in [9.17, 15) is 0 Å². The summed E-state index contributed by atoms with van der Waals surface area (Å²) in [7, 11) is 0. The van der Waals surface area contributed by atoms with Crippen molar-refractivity contribution in [2.24, 2.45) is 0 Å². The van der Waals surface area contributed by atoms with Crippen LogP contribution in [0.1, 0.15) is 34.1 Å². The minimum Gasteiger partial charge on any atom is -0.103 e. The van der Waals surface area contributed by atoms with E-state index in [1.165, 1.54) is 5.57 Å². The van der Waals surface area contributed by atoms with Crippen LogP contribution in [0.15, 0.2) is 36.5 Å².